The van der Waals surface area contributed by atoms with Crippen LogP contribution >= 0.6 is 23.2 Å². The Morgan fingerprint density at radius 2 is 1.70 bits per heavy atom. The highest BCUT2D eigenvalue weighted by Crippen LogP contribution is 2.55. The number of furan rings is 1. The molecule has 0 aliphatic carbocycles. The summed E-state index contributed by atoms with van der Waals surface area (Å²) in [6.45, 7) is 0.556. The van der Waals surface area contributed by atoms with E-state index in [-0.39, 0.29) is 32.6 Å². The summed E-state index contributed by atoms with van der Waals surface area (Å²) in [6, 6.07) is 0.560. The van der Waals surface area contributed by atoms with Crippen molar-refractivity contribution in [1.82, 2.24) is 0 Å². The van der Waals surface area contributed by atoms with Gasteiger partial charge in [-0.1, -0.05) is 0 Å². The van der Waals surface area contributed by atoms with Gasteiger partial charge in [0.05, 0.1) is 18.8 Å². The summed E-state index contributed by atoms with van der Waals surface area (Å²) in [5, 5.41) is 0.290. The van der Waals surface area contributed by atoms with E-state index in [0.29, 0.717) is 6.07 Å². The smallest absolute Gasteiger partial charge is 0.361 e. The number of anilines is 1. The second kappa shape index (κ2) is 6.12. The van der Waals surface area contributed by atoms with Crippen LogP contribution in [0.5, 0.6) is 0 Å². The lowest BCUT2D eigenvalue weighted by molar-refractivity contribution is -0.224. The molecule has 130 valence electrons. The summed E-state index contributed by atoms with van der Waals surface area (Å²) in [4.78, 5) is 12.1. The van der Waals surface area contributed by atoms with Crippen molar-refractivity contribution < 1.29 is 36.6 Å². The van der Waals surface area contributed by atoms with Crippen LogP contribution in [0.15, 0.2) is 10.5 Å². The van der Waals surface area contributed by atoms with E-state index in [0.717, 1.165) is 0 Å². The average Bonchev–Trinajstić information content (AvgIpc) is 2.89. The molecule has 23 heavy (non-hydrogen) atoms. The van der Waals surface area contributed by atoms with Crippen molar-refractivity contribution in [2.45, 2.75) is 16.4 Å². The molecule has 1 saturated heterocycles. The van der Waals surface area contributed by atoms with Crippen LogP contribution < -0.4 is 4.90 Å². The number of carbonyl (C=O) groups excluding carboxylic acids is 1. The Morgan fingerprint density at radius 3 is 2.13 bits per heavy atom. The van der Waals surface area contributed by atoms with Crippen molar-refractivity contribution in [1.29, 1.82) is 0 Å². The highest BCUT2D eigenvalue weighted by atomic mass is 35.5. The molecule has 1 aliphatic rings. The first-order chi connectivity index (χ1) is 10.5. The third-order valence-electron chi connectivity index (χ3n) is 3.36. The van der Waals surface area contributed by atoms with Gasteiger partial charge < -0.3 is 19.2 Å². The SMILES string of the molecule is O=Cc1cc(C(O)(C(F)(F)Cl)C(F)(F)Cl)c(N2CCOCC2)o1. The number of nitrogens with zero attached hydrogens (tertiary/aromatic N) is 1. The van der Waals surface area contributed by atoms with Crippen LogP contribution in [-0.2, 0) is 10.3 Å². The maximum atomic E-state index is 13.6. The number of aldehydes is 1. The Bertz CT molecular complexity index is 565. The third-order valence-corrected chi connectivity index (χ3v) is 3.90. The van der Waals surface area contributed by atoms with Gasteiger partial charge in [-0.15, -0.1) is 0 Å². The van der Waals surface area contributed by atoms with Gasteiger partial charge in [0.2, 0.25) is 5.88 Å². The molecular formula is C12H11Cl2F4NO4. The first-order valence-corrected chi connectivity index (χ1v) is 7.06. The Morgan fingerprint density at radius 1 is 1.17 bits per heavy atom. The molecule has 0 amide bonds. The Hall–Kier alpha value is -1.03. The molecule has 0 saturated carbocycles. The van der Waals surface area contributed by atoms with Crippen LogP contribution in [0.1, 0.15) is 16.1 Å². The topological polar surface area (TPSA) is 62.9 Å². The van der Waals surface area contributed by atoms with Crippen molar-refractivity contribution in [3.8, 4) is 0 Å². The van der Waals surface area contributed by atoms with Gasteiger partial charge in [0.15, 0.2) is 12.0 Å². The van der Waals surface area contributed by atoms with Gasteiger partial charge in [0.1, 0.15) is 0 Å². The Labute approximate surface area is 137 Å². The second-order valence-electron chi connectivity index (χ2n) is 4.79. The molecule has 2 heterocycles. The number of halogens is 6. The van der Waals surface area contributed by atoms with Gasteiger partial charge in [-0.25, -0.2) is 0 Å². The fraction of sp³-hybridized carbons (Fsp3) is 0.583. The number of rotatable bonds is 5. The molecule has 1 aliphatic heterocycles. The van der Waals surface area contributed by atoms with Gasteiger partial charge in [-0.2, -0.15) is 17.6 Å². The zero-order valence-corrected chi connectivity index (χ0v) is 12.9. The van der Waals surface area contributed by atoms with Crippen LogP contribution in [0.2, 0.25) is 0 Å². The molecular weight excluding hydrogens is 369 g/mol. The number of hydrogen-bond acceptors (Lipinski definition) is 5. The number of carbonyl (C=O) groups is 1. The Kier molecular flexibility index (Phi) is 4.87. The molecule has 11 heteroatoms. The normalized spacial score (nSPS) is 17.4. The van der Waals surface area contributed by atoms with Crippen molar-refractivity contribution >= 4 is 35.4 Å². The molecule has 1 N–H and O–H groups in total. The molecule has 1 aromatic rings. The summed E-state index contributed by atoms with van der Waals surface area (Å²) in [6.07, 6.45) is 0.118. The standard InChI is InChI=1S/C12H11Cl2F4NO4/c13-11(15,16)10(21,12(14,17)18)8-5-7(6-20)23-9(8)19-1-3-22-4-2-19/h5-6,21H,1-4H2. The van der Waals surface area contributed by atoms with Crippen molar-refractivity contribution in [2.24, 2.45) is 0 Å². The number of ether oxygens (including phenoxy) is 1. The first-order valence-electron chi connectivity index (χ1n) is 6.30. The Balaban J connectivity index is 2.63. The van der Waals surface area contributed by atoms with Crippen LogP contribution in [0.25, 0.3) is 0 Å². The monoisotopic (exact) mass is 379 g/mol. The number of morpholine rings is 1. The van der Waals surface area contributed by atoms with E-state index in [4.69, 9.17) is 32.4 Å². The summed E-state index contributed by atoms with van der Waals surface area (Å²) >= 11 is 9.40. The maximum Gasteiger partial charge on any atom is 0.361 e. The molecule has 0 unspecified atom stereocenters. The average molecular weight is 380 g/mol. The van der Waals surface area contributed by atoms with E-state index in [1.807, 2.05) is 0 Å². The van der Waals surface area contributed by atoms with Crippen molar-refractivity contribution in [3.05, 3.63) is 17.4 Å². The number of aliphatic hydroxyl groups is 1. The van der Waals surface area contributed by atoms with Crippen LogP contribution in [0, 0.1) is 0 Å². The van der Waals surface area contributed by atoms with Gasteiger partial charge in [0.25, 0.3) is 5.60 Å². The van der Waals surface area contributed by atoms with Crippen molar-refractivity contribution in [2.75, 3.05) is 31.2 Å². The van der Waals surface area contributed by atoms with Gasteiger partial charge in [0, 0.05) is 13.1 Å². The van der Waals surface area contributed by atoms with Crippen molar-refractivity contribution in [3.63, 3.8) is 0 Å². The molecule has 5 nitrogen and oxygen atoms in total. The predicted molar refractivity (Wildman–Crippen MR) is 72.6 cm³/mol. The fourth-order valence-electron chi connectivity index (χ4n) is 2.18. The first kappa shape index (κ1) is 18.3. The zero-order chi connectivity index (χ0) is 17.5. The lowest BCUT2D eigenvalue weighted by Crippen LogP contribution is -2.53. The highest BCUT2D eigenvalue weighted by molar-refractivity contribution is 6.26. The minimum absolute atomic E-state index is 0.108. The largest absolute Gasteiger partial charge is 0.437 e. The van der Waals surface area contributed by atoms with E-state index < -0.39 is 33.6 Å². The molecule has 0 spiro atoms. The number of alkyl halides is 6. The van der Waals surface area contributed by atoms with Crippen LogP contribution in [0.4, 0.5) is 23.4 Å². The molecule has 0 aromatic carbocycles. The van der Waals surface area contributed by atoms with E-state index in [2.05, 4.69) is 0 Å². The molecule has 2 rings (SSSR count). The summed E-state index contributed by atoms with van der Waals surface area (Å²) in [7, 11) is 0. The molecule has 1 fully saturated rings. The molecule has 0 atom stereocenters. The summed E-state index contributed by atoms with van der Waals surface area (Å²) in [5.41, 5.74) is -5.37. The van der Waals surface area contributed by atoms with E-state index in [9.17, 15) is 27.5 Å². The summed E-state index contributed by atoms with van der Waals surface area (Å²) in [5.74, 6) is -1.08. The molecule has 1 aromatic heterocycles. The highest BCUT2D eigenvalue weighted by Gasteiger charge is 2.69. The summed E-state index contributed by atoms with van der Waals surface area (Å²) < 4.78 is 64.4. The fourth-order valence-corrected chi connectivity index (χ4v) is 2.67. The lowest BCUT2D eigenvalue weighted by atomic mass is 9.95. The van der Waals surface area contributed by atoms with Gasteiger partial charge in [-0.3, -0.25) is 4.79 Å². The van der Waals surface area contributed by atoms with Gasteiger partial charge in [-0.05, 0) is 29.3 Å². The van der Waals surface area contributed by atoms with E-state index in [1.165, 1.54) is 4.90 Å². The van der Waals surface area contributed by atoms with Gasteiger partial charge >= 0.3 is 10.8 Å². The molecule has 0 bridgehead atoms. The predicted octanol–water partition coefficient (Wildman–Crippen LogP) is 2.78. The molecule has 0 radical (unpaired) electrons. The lowest BCUT2D eigenvalue weighted by Gasteiger charge is -2.36. The van der Waals surface area contributed by atoms with E-state index >= 15 is 0 Å². The second-order valence-corrected chi connectivity index (χ2v) is 5.74. The van der Waals surface area contributed by atoms with Crippen LogP contribution in [-0.4, -0.2) is 48.5 Å². The zero-order valence-electron chi connectivity index (χ0n) is 11.4. The quantitative estimate of drug-likeness (QED) is 0.484. The minimum atomic E-state index is -4.84. The minimum Gasteiger partial charge on any atom is -0.437 e. The van der Waals surface area contributed by atoms with E-state index in [1.54, 1.807) is 0 Å². The number of hydrogen-bond donors (Lipinski definition) is 1. The third kappa shape index (κ3) is 3.15. The maximum absolute atomic E-state index is 13.6. The van der Waals surface area contributed by atoms with Crippen LogP contribution in [0.3, 0.4) is 0 Å².